The molecule has 0 unspecified atom stereocenters. The van der Waals surface area contributed by atoms with Crippen molar-refractivity contribution < 1.29 is 18.4 Å². The third kappa shape index (κ3) is 2.51. The monoisotopic (exact) mass is 234 g/mol. The number of hydrogen-bond donors (Lipinski definition) is 0. The quantitative estimate of drug-likeness (QED) is 0.733. The van der Waals surface area contributed by atoms with E-state index in [1.807, 2.05) is 11.4 Å². The topological polar surface area (TPSA) is 52.6 Å². The molecular formula is C8H11O4PS. The number of carbonyl (C=O) groups is 1. The van der Waals surface area contributed by atoms with Gasteiger partial charge in [0.05, 0.1) is 6.42 Å². The van der Waals surface area contributed by atoms with Gasteiger partial charge in [-0.25, -0.2) is 0 Å². The fourth-order valence-corrected chi connectivity index (χ4v) is 2.67. The molecule has 0 N–H and O–H groups in total. The Balaban J connectivity index is 2.71. The summed E-state index contributed by atoms with van der Waals surface area (Å²) in [5.74, 6) is 0. The molecule has 4 nitrogen and oxygen atoms in total. The summed E-state index contributed by atoms with van der Waals surface area (Å²) in [6, 6.07) is 3.63. The Morgan fingerprint density at radius 3 is 2.57 bits per heavy atom. The normalized spacial score (nSPS) is 11.6. The molecule has 0 atom stereocenters. The largest absolute Gasteiger partial charge is 0.396 e. The lowest BCUT2D eigenvalue weighted by molar-refractivity contribution is -0.113. The van der Waals surface area contributed by atoms with Crippen molar-refractivity contribution in [3.05, 3.63) is 22.4 Å². The highest BCUT2D eigenvalue weighted by atomic mass is 32.1. The van der Waals surface area contributed by atoms with Gasteiger partial charge in [0.2, 0.25) is 5.52 Å². The van der Waals surface area contributed by atoms with E-state index in [1.165, 1.54) is 25.6 Å². The summed E-state index contributed by atoms with van der Waals surface area (Å²) >= 11 is 1.44. The molecule has 0 saturated carbocycles. The zero-order chi connectivity index (χ0) is 10.6. The van der Waals surface area contributed by atoms with Gasteiger partial charge in [0, 0.05) is 19.1 Å². The van der Waals surface area contributed by atoms with Crippen LogP contribution in [0.3, 0.4) is 0 Å². The van der Waals surface area contributed by atoms with Crippen LogP contribution in [0.5, 0.6) is 0 Å². The van der Waals surface area contributed by atoms with Crippen LogP contribution in [0.15, 0.2) is 17.5 Å². The molecule has 1 rings (SSSR count). The Hall–Kier alpha value is -0.480. The highest BCUT2D eigenvalue weighted by Crippen LogP contribution is 2.48. The van der Waals surface area contributed by atoms with Crippen LogP contribution in [0.2, 0.25) is 0 Å². The molecule has 6 heteroatoms. The van der Waals surface area contributed by atoms with Crippen molar-refractivity contribution >= 4 is 24.5 Å². The highest BCUT2D eigenvalue weighted by Gasteiger charge is 2.31. The number of carbonyl (C=O) groups excluding carboxylic acids is 1. The smallest absolute Gasteiger partial charge is 0.307 e. The van der Waals surface area contributed by atoms with Gasteiger partial charge in [-0.15, -0.1) is 11.3 Å². The summed E-state index contributed by atoms with van der Waals surface area (Å²) < 4.78 is 20.8. The van der Waals surface area contributed by atoms with E-state index >= 15 is 0 Å². The van der Waals surface area contributed by atoms with Crippen LogP contribution >= 0.6 is 18.9 Å². The van der Waals surface area contributed by atoms with E-state index in [1.54, 1.807) is 6.07 Å². The molecule has 0 radical (unpaired) electrons. The molecule has 0 fully saturated rings. The first-order valence-electron chi connectivity index (χ1n) is 3.89. The summed E-state index contributed by atoms with van der Waals surface area (Å²) in [5.41, 5.74) is -0.509. The van der Waals surface area contributed by atoms with Gasteiger partial charge >= 0.3 is 7.60 Å². The Kier molecular flexibility index (Phi) is 4.01. The molecule has 14 heavy (non-hydrogen) atoms. The second kappa shape index (κ2) is 4.84. The molecule has 0 spiro atoms. The molecule has 78 valence electrons. The summed E-state index contributed by atoms with van der Waals surface area (Å²) in [7, 11) is -1.14. The van der Waals surface area contributed by atoms with Gasteiger partial charge in [0.25, 0.3) is 0 Å². The number of thiophene rings is 1. The second-order valence-corrected chi connectivity index (χ2v) is 5.77. The standard InChI is InChI=1S/C8H11O4PS/c1-11-13(10,12-2)8(9)6-7-4-3-5-14-7/h3-5H,6H2,1-2H3. The molecule has 0 aromatic carbocycles. The lowest BCUT2D eigenvalue weighted by Gasteiger charge is -2.10. The van der Waals surface area contributed by atoms with Crippen LogP contribution in [0.25, 0.3) is 0 Å². The third-order valence-electron chi connectivity index (χ3n) is 1.69. The van der Waals surface area contributed by atoms with Crippen molar-refractivity contribution in [2.75, 3.05) is 14.2 Å². The van der Waals surface area contributed by atoms with Gasteiger partial charge in [-0.1, -0.05) is 6.07 Å². The minimum absolute atomic E-state index is 0.0939. The lowest BCUT2D eigenvalue weighted by Crippen LogP contribution is -2.05. The van der Waals surface area contributed by atoms with E-state index in [9.17, 15) is 9.36 Å². The van der Waals surface area contributed by atoms with Gasteiger partial charge in [-0.2, -0.15) is 0 Å². The summed E-state index contributed by atoms with van der Waals surface area (Å²) in [6.45, 7) is 0. The Labute approximate surface area is 86.4 Å². The van der Waals surface area contributed by atoms with Gasteiger partial charge in [0.15, 0.2) is 0 Å². The minimum Gasteiger partial charge on any atom is -0.307 e. The predicted octanol–water partition coefficient (Wildman–Crippen LogP) is 2.30. The number of rotatable bonds is 5. The van der Waals surface area contributed by atoms with E-state index < -0.39 is 13.1 Å². The fraction of sp³-hybridized carbons (Fsp3) is 0.375. The van der Waals surface area contributed by atoms with E-state index in [4.69, 9.17) is 0 Å². The molecule has 1 aromatic heterocycles. The van der Waals surface area contributed by atoms with Gasteiger partial charge in [-0.05, 0) is 11.4 Å². The zero-order valence-corrected chi connectivity index (χ0v) is 9.64. The van der Waals surface area contributed by atoms with Crippen molar-refractivity contribution in [3.8, 4) is 0 Å². The molecule has 1 heterocycles. The predicted molar refractivity (Wildman–Crippen MR) is 54.7 cm³/mol. The molecule has 0 amide bonds. The van der Waals surface area contributed by atoms with Gasteiger partial charge in [0.1, 0.15) is 0 Å². The third-order valence-corrected chi connectivity index (χ3v) is 4.30. The van der Waals surface area contributed by atoms with Crippen LogP contribution < -0.4 is 0 Å². The molecule has 1 aromatic rings. The molecule has 0 bridgehead atoms. The maximum Gasteiger partial charge on any atom is 0.396 e. The second-order valence-electron chi connectivity index (χ2n) is 2.51. The average molecular weight is 234 g/mol. The minimum atomic E-state index is -3.55. The molecule has 0 saturated heterocycles. The Bertz CT molecular complexity index is 338. The van der Waals surface area contributed by atoms with Crippen LogP contribution in [-0.2, 0) is 24.8 Å². The molecule has 0 aliphatic rings. The zero-order valence-electron chi connectivity index (χ0n) is 7.93. The van der Waals surface area contributed by atoms with Gasteiger partial charge in [-0.3, -0.25) is 9.36 Å². The molecular weight excluding hydrogens is 223 g/mol. The van der Waals surface area contributed by atoms with E-state index in [0.29, 0.717) is 0 Å². The van der Waals surface area contributed by atoms with Crippen LogP contribution in [0.4, 0.5) is 0 Å². The number of hydrogen-bond acceptors (Lipinski definition) is 5. The van der Waals surface area contributed by atoms with Crippen molar-refractivity contribution in [2.45, 2.75) is 6.42 Å². The first-order chi connectivity index (χ1) is 6.62. The van der Waals surface area contributed by atoms with Crippen LogP contribution in [-0.4, -0.2) is 19.7 Å². The molecule has 0 aliphatic carbocycles. The highest BCUT2D eigenvalue weighted by molar-refractivity contribution is 7.71. The van der Waals surface area contributed by atoms with E-state index in [0.717, 1.165) is 4.88 Å². The summed E-state index contributed by atoms with van der Waals surface area (Å²) in [4.78, 5) is 12.3. The maximum atomic E-state index is 11.6. The summed E-state index contributed by atoms with van der Waals surface area (Å²) in [6.07, 6.45) is 0.0939. The van der Waals surface area contributed by atoms with Crippen molar-refractivity contribution in [1.29, 1.82) is 0 Å². The van der Waals surface area contributed by atoms with Crippen LogP contribution in [0, 0.1) is 0 Å². The summed E-state index contributed by atoms with van der Waals surface area (Å²) in [5, 5.41) is 1.85. The first kappa shape index (κ1) is 11.6. The lowest BCUT2D eigenvalue weighted by atomic mass is 10.4. The molecule has 0 aliphatic heterocycles. The van der Waals surface area contributed by atoms with E-state index in [-0.39, 0.29) is 6.42 Å². The van der Waals surface area contributed by atoms with Gasteiger partial charge < -0.3 is 9.05 Å². The first-order valence-corrected chi connectivity index (χ1v) is 6.32. The Morgan fingerprint density at radius 2 is 2.14 bits per heavy atom. The van der Waals surface area contributed by atoms with E-state index in [2.05, 4.69) is 9.05 Å². The SMILES string of the molecule is COP(=O)(OC)C(=O)Cc1cccs1. The average Bonchev–Trinajstić information content (AvgIpc) is 2.69. The van der Waals surface area contributed by atoms with Crippen LogP contribution in [0.1, 0.15) is 4.88 Å². The fourth-order valence-electron chi connectivity index (χ4n) is 0.937. The maximum absolute atomic E-state index is 11.6. The van der Waals surface area contributed by atoms with Crippen molar-refractivity contribution in [1.82, 2.24) is 0 Å². The Morgan fingerprint density at radius 1 is 1.50 bits per heavy atom. The van der Waals surface area contributed by atoms with Crippen molar-refractivity contribution in [3.63, 3.8) is 0 Å². The van der Waals surface area contributed by atoms with Crippen molar-refractivity contribution in [2.24, 2.45) is 0 Å².